The van der Waals surface area contributed by atoms with E-state index in [-0.39, 0.29) is 29.0 Å². The Morgan fingerprint density at radius 1 is 1.50 bits per heavy atom. The number of benzene rings is 1. The molecule has 1 amide bonds. The summed E-state index contributed by atoms with van der Waals surface area (Å²) >= 11 is 5.67. The SMILES string of the molecule is COCCCNC(=O)COc1ccc(Cl)cc1[N+](=O)[O-]. The Hall–Kier alpha value is -1.86. The maximum Gasteiger partial charge on any atom is 0.312 e. The number of ether oxygens (including phenoxy) is 2. The van der Waals surface area contributed by atoms with Gasteiger partial charge >= 0.3 is 5.69 Å². The summed E-state index contributed by atoms with van der Waals surface area (Å²) < 4.78 is 9.96. The van der Waals surface area contributed by atoms with E-state index in [1.165, 1.54) is 18.2 Å². The predicted molar refractivity (Wildman–Crippen MR) is 73.1 cm³/mol. The number of nitro groups is 1. The first-order valence-electron chi connectivity index (χ1n) is 5.87. The molecule has 1 rings (SSSR count). The Bertz CT molecular complexity index is 481. The third kappa shape index (κ3) is 5.41. The van der Waals surface area contributed by atoms with Crippen LogP contribution >= 0.6 is 11.6 Å². The Morgan fingerprint density at radius 3 is 2.90 bits per heavy atom. The molecule has 1 N–H and O–H groups in total. The van der Waals surface area contributed by atoms with E-state index in [9.17, 15) is 14.9 Å². The summed E-state index contributed by atoms with van der Waals surface area (Å²) in [4.78, 5) is 21.7. The number of carbonyl (C=O) groups is 1. The molecule has 0 saturated heterocycles. The minimum absolute atomic E-state index is 0.00596. The summed E-state index contributed by atoms with van der Waals surface area (Å²) in [6.07, 6.45) is 0.684. The van der Waals surface area contributed by atoms with E-state index in [1.807, 2.05) is 0 Å². The highest BCUT2D eigenvalue weighted by atomic mass is 35.5. The molecule has 0 aliphatic rings. The summed E-state index contributed by atoms with van der Waals surface area (Å²) in [6.45, 7) is 0.706. The summed E-state index contributed by atoms with van der Waals surface area (Å²) in [7, 11) is 1.57. The summed E-state index contributed by atoms with van der Waals surface area (Å²) in [5.74, 6) is -0.350. The Labute approximate surface area is 121 Å². The molecule has 0 radical (unpaired) electrons. The van der Waals surface area contributed by atoms with Crippen LogP contribution in [0.15, 0.2) is 18.2 Å². The molecule has 0 aromatic heterocycles. The zero-order valence-corrected chi connectivity index (χ0v) is 11.7. The van der Waals surface area contributed by atoms with Crippen molar-refractivity contribution in [3.8, 4) is 5.75 Å². The number of hydrogen-bond acceptors (Lipinski definition) is 5. The van der Waals surface area contributed by atoms with Crippen LogP contribution in [-0.4, -0.2) is 37.7 Å². The van der Waals surface area contributed by atoms with Gasteiger partial charge in [-0.1, -0.05) is 11.6 Å². The number of nitrogens with one attached hydrogen (secondary N) is 1. The van der Waals surface area contributed by atoms with E-state index in [0.29, 0.717) is 19.6 Å². The summed E-state index contributed by atoms with van der Waals surface area (Å²) in [6, 6.07) is 3.99. The van der Waals surface area contributed by atoms with E-state index >= 15 is 0 Å². The standard InChI is InChI=1S/C12H15ClN2O5/c1-19-6-2-5-14-12(16)8-20-11-4-3-9(13)7-10(11)15(17)18/h3-4,7H,2,5-6,8H2,1H3,(H,14,16). The molecule has 0 saturated carbocycles. The van der Waals surface area contributed by atoms with Crippen molar-refractivity contribution in [2.24, 2.45) is 0 Å². The number of hydrogen-bond donors (Lipinski definition) is 1. The second-order valence-corrected chi connectivity index (χ2v) is 4.29. The van der Waals surface area contributed by atoms with E-state index in [0.717, 1.165) is 0 Å². The van der Waals surface area contributed by atoms with Gasteiger partial charge in [0.2, 0.25) is 0 Å². The zero-order chi connectivity index (χ0) is 15.0. The zero-order valence-electron chi connectivity index (χ0n) is 10.9. The topological polar surface area (TPSA) is 90.7 Å². The number of methoxy groups -OCH3 is 1. The van der Waals surface area contributed by atoms with Gasteiger partial charge in [0.1, 0.15) is 0 Å². The van der Waals surface area contributed by atoms with Crippen molar-refractivity contribution >= 4 is 23.2 Å². The van der Waals surface area contributed by atoms with Crippen LogP contribution in [0.1, 0.15) is 6.42 Å². The quantitative estimate of drug-likeness (QED) is 0.449. The van der Waals surface area contributed by atoms with Gasteiger partial charge in [-0.2, -0.15) is 0 Å². The lowest BCUT2D eigenvalue weighted by atomic mass is 10.3. The normalized spacial score (nSPS) is 10.1. The molecule has 1 aromatic carbocycles. The number of nitrogens with zero attached hydrogens (tertiary/aromatic N) is 1. The molecule has 0 unspecified atom stereocenters. The maximum atomic E-state index is 11.5. The number of carbonyl (C=O) groups excluding carboxylic acids is 1. The number of halogens is 1. The smallest absolute Gasteiger partial charge is 0.312 e. The lowest BCUT2D eigenvalue weighted by molar-refractivity contribution is -0.385. The molecule has 0 heterocycles. The van der Waals surface area contributed by atoms with Crippen molar-refractivity contribution in [2.45, 2.75) is 6.42 Å². The fraction of sp³-hybridized carbons (Fsp3) is 0.417. The molecule has 110 valence electrons. The van der Waals surface area contributed by atoms with Gasteiger partial charge in [0.25, 0.3) is 5.91 Å². The van der Waals surface area contributed by atoms with Gasteiger partial charge in [-0.15, -0.1) is 0 Å². The van der Waals surface area contributed by atoms with Crippen molar-refractivity contribution in [2.75, 3.05) is 26.9 Å². The van der Waals surface area contributed by atoms with E-state index in [2.05, 4.69) is 5.32 Å². The number of amides is 1. The summed E-state index contributed by atoms with van der Waals surface area (Å²) in [5, 5.41) is 13.7. The lowest BCUT2D eigenvalue weighted by Crippen LogP contribution is -2.30. The molecule has 20 heavy (non-hydrogen) atoms. The fourth-order valence-electron chi connectivity index (χ4n) is 1.39. The number of nitro benzene ring substituents is 1. The molecule has 0 aliphatic carbocycles. The van der Waals surface area contributed by atoms with E-state index < -0.39 is 4.92 Å². The van der Waals surface area contributed by atoms with Crippen molar-refractivity contribution in [1.29, 1.82) is 0 Å². The van der Waals surface area contributed by atoms with Gasteiger partial charge in [-0.3, -0.25) is 14.9 Å². The molecule has 0 atom stereocenters. The third-order valence-corrected chi connectivity index (χ3v) is 2.56. The summed E-state index contributed by atoms with van der Waals surface area (Å²) in [5.41, 5.74) is -0.273. The van der Waals surface area contributed by atoms with Gasteiger partial charge in [0.05, 0.1) is 4.92 Å². The second-order valence-electron chi connectivity index (χ2n) is 3.85. The highest BCUT2D eigenvalue weighted by Gasteiger charge is 2.16. The number of rotatable bonds is 8. The first-order valence-corrected chi connectivity index (χ1v) is 6.24. The minimum atomic E-state index is -0.613. The van der Waals surface area contributed by atoms with Crippen LogP contribution in [0.4, 0.5) is 5.69 Å². The van der Waals surface area contributed by atoms with Crippen molar-refractivity contribution < 1.29 is 19.2 Å². The van der Waals surface area contributed by atoms with Crippen LogP contribution in [-0.2, 0) is 9.53 Å². The van der Waals surface area contributed by atoms with Crippen molar-refractivity contribution in [1.82, 2.24) is 5.32 Å². The highest BCUT2D eigenvalue weighted by molar-refractivity contribution is 6.30. The first kappa shape index (κ1) is 16.2. The van der Waals surface area contributed by atoms with Crippen molar-refractivity contribution in [3.63, 3.8) is 0 Å². The molecule has 8 heteroatoms. The highest BCUT2D eigenvalue weighted by Crippen LogP contribution is 2.29. The average molecular weight is 303 g/mol. The van der Waals surface area contributed by atoms with Crippen LogP contribution in [0.3, 0.4) is 0 Å². The van der Waals surface area contributed by atoms with Crippen LogP contribution in [0.5, 0.6) is 5.75 Å². The van der Waals surface area contributed by atoms with Crippen LogP contribution in [0.25, 0.3) is 0 Å². The molecular weight excluding hydrogens is 288 g/mol. The minimum Gasteiger partial charge on any atom is -0.477 e. The molecule has 0 fully saturated rings. The Kier molecular flexibility index (Phi) is 6.75. The molecular formula is C12H15ClN2O5. The van der Waals surface area contributed by atoms with Crippen LogP contribution in [0, 0.1) is 10.1 Å². The Balaban J connectivity index is 2.49. The second kappa shape index (κ2) is 8.34. The van der Waals surface area contributed by atoms with Gasteiger partial charge in [-0.05, 0) is 18.6 Å². The largest absolute Gasteiger partial charge is 0.477 e. The molecule has 0 bridgehead atoms. The van der Waals surface area contributed by atoms with Crippen LogP contribution in [0.2, 0.25) is 5.02 Å². The lowest BCUT2D eigenvalue weighted by Gasteiger charge is -2.07. The van der Waals surface area contributed by atoms with Gasteiger partial charge in [0, 0.05) is 31.4 Å². The van der Waals surface area contributed by atoms with Gasteiger partial charge in [-0.25, -0.2) is 0 Å². The van der Waals surface area contributed by atoms with Gasteiger partial charge < -0.3 is 14.8 Å². The van der Waals surface area contributed by atoms with Crippen LogP contribution < -0.4 is 10.1 Å². The van der Waals surface area contributed by atoms with Gasteiger partial charge in [0.15, 0.2) is 12.4 Å². The van der Waals surface area contributed by atoms with E-state index in [1.54, 1.807) is 7.11 Å². The Morgan fingerprint density at radius 2 is 2.25 bits per heavy atom. The molecule has 0 spiro atoms. The maximum absolute atomic E-state index is 11.5. The molecule has 1 aromatic rings. The van der Waals surface area contributed by atoms with E-state index in [4.69, 9.17) is 21.1 Å². The average Bonchev–Trinajstić information content (AvgIpc) is 2.42. The fourth-order valence-corrected chi connectivity index (χ4v) is 1.56. The first-order chi connectivity index (χ1) is 9.54. The third-order valence-electron chi connectivity index (χ3n) is 2.32. The predicted octanol–water partition coefficient (Wildman–Crippen LogP) is 1.78. The molecule has 0 aliphatic heterocycles. The van der Waals surface area contributed by atoms with Crippen molar-refractivity contribution in [3.05, 3.63) is 33.3 Å². The molecule has 7 nitrogen and oxygen atoms in total. The monoisotopic (exact) mass is 302 g/mol.